The van der Waals surface area contributed by atoms with E-state index in [4.69, 9.17) is 9.84 Å². The summed E-state index contributed by atoms with van der Waals surface area (Å²) in [5.41, 5.74) is 0.861. The Balaban J connectivity index is 1.64. The monoisotopic (exact) mass is 460 g/mol. The highest BCUT2D eigenvalue weighted by Gasteiger charge is 2.17. The lowest BCUT2D eigenvalue weighted by atomic mass is 10.1. The topological polar surface area (TPSA) is 101 Å². The molecule has 2 N–H and O–H groups in total. The molecule has 2 heterocycles. The summed E-state index contributed by atoms with van der Waals surface area (Å²) in [6.45, 7) is 1.72. The average molecular weight is 461 g/mol. The molecule has 8 heteroatoms. The zero-order valence-electron chi connectivity index (χ0n) is 17.9. The standard InChI is InChI=1S/C25H20N2O5S/c1-15(17-9-11-18(12-10-17)24(29)30)27-23(28)21-14-20(33-22(21)26-25(27)31)8-4-6-16-5-3-7-19(13-16)32-2/h3,5,7,9-15H,6H2,1-2H3,(H,26,31)(H,29,30). The maximum Gasteiger partial charge on any atom is 0.335 e. The van der Waals surface area contributed by atoms with Crippen molar-refractivity contribution in [2.45, 2.75) is 19.4 Å². The molecule has 2 aromatic heterocycles. The van der Waals surface area contributed by atoms with Gasteiger partial charge < -0.3 is 9.84 Å². The highest BCUT2D eigenvalue weighted by atomic mass is 32.1. The van der Waals surface area contributed by atoms with Gasteiger partial charge in [0.15, 0.2) is 0 Å². The highest BCUT2D eigenvalue weighted by Crippen LogP contribution is 2.21. The van der Waals surface area contributed by atoms with Crippen LogP contribution in [0.1, 0.15) is 39.3 Å². The molecule has 2 aromatic carbocycles. The normalized spacial score (nSPS) is 11.6. The van der Waals surface area contributed by atoms with Crippen LogP contribution in [0.15, 0.2) is 64.2 Å². The number of rotatable bonds is 5. The van der Waals surface area contributed by atoms with Gasteiger partial charge in [-0.25, -0.2) is 9.59 Å². The fourth-order valence-corrected chi connectivity index (χ4v) is 4.42. The number of H-pyrrole nitrogens is 1. The number of thiophene rings is 1. The Kier molecular flexibility index (Phi) is 6.16. The van der Waals surface area contributed by atoms with Crippen molar-refractivity contribution >= 4 is 27.5 Å². The summed E-state index contributed by atoms with van der Waals surface area (Å²) in [7, 11) is 1.61. The molecule has 0 saturated heterocycles. The van der Waals surface area contributed by atoms with Gasteiger partial charge in [-0.1, -0.05) is 36.1 Å². The molecule has 0 aliphatic rings. The van der Waals surface area contributed by atoms with Crippen molar-refractivity contribution in [3.63, 3.8) is 0 Å². The van der Waals surface area contributed by atoms with Gasteiger partial charge in [0.2, 0.25) is 0 Å². The van der Waals surface area contributed by atoms with Gasteiger partial charge in [0.05, 0.1) is 29.0 Å². The first-order valence-corrected chi connectivity index (χ1v) is 10.9. The lowest BCUT2D eigenvalue weighted by Gasteiger charge is -2.14. The van der Waals surface area contributed by atoms with E-state index in [1.807, 2.05) is 24.3 Å². The van der Waals surface area contributed by atoms with Crippen molar-refractivity contribution in [1.29, 1.82) is 0 Å². The average Bonchev–Trinajstić information content (AvgIpc) is 3.22. The van der Waals surface area contributed by atoms with Crippen LogP contribution in [-0.4, -0.2) is 27.7 Å². The number of nitrogens with zero attached hydrogens (tertiary/aromatic N) is 1. The van der Waals surface area contributed by atoms with E-state index >= 15 is 0 Å². The van der Waals surface area contributed by atoms with Gasteiger partial charge in [0.25, 0.3) is 5.56 Å². The molecule has 0 aliphatic heterocycles. The summed E-state index contributed by atoms with van der Waals surface area (Å²) >= 11 is 1.26. The minimum Gasteiger partial charge on any atom is -0.497 e. The summed E-state index contributed by atoms with van der Waals surface area (Å²) in [4.78, 5) is 40.8. The van der Waals surface area contributed by atoms with E-state index in [0.717, 1.165) is 15.9 Å². The Labute approximate surface area is 192 Å². The van der Waals surface area contributed by atoms with Crippen molar-refractivity contribution in [1.82, 2.24) is 9.55 Å². The van der Waals surface area contributed by atoms with E-state index in [9.17, 15) is 14.4 Å². The van der Waals surface area contributed by atoms with Crippen LogP contribution in [0, 0.1) is 11.8 Å². The number of fused-ring (bicyclic) bond motifs is 1. The first kappa shape index (κ1) is 22.1. The molecule has 0 fully saturated rings. The van der Waals surface area contributed by atoms with Gasteiger partial charge in [-0.05, 0) is 48.4 Å². The summed E-state index contributed by atoms with van der Waals surface area (Å²) < 4.78 is 6.36. The summed E-state index contributed by atoms with van der Waals surface area (Å²) in [5, 5.41) is 9.45. The molecular weight excluding hydrogens is 440 g/mol. The number of hydrogen-bond donors (Lipinski definition) is 2. The van der Waals surface area contributed by atoms with Crippen molar-refractivity contribution in [2.75, 3.05) is 7.11 Å². The second kappa shape index (κ2) is 9.18. The van der Waals surface area contributed by atoms with E-state index in [1.54, 1.807) is 32.2 Å². The predicted octanol–water partition coefficient (Wildman–Crippen LogP) is 3.66. The summed E-state index contributed by atoms with van der Waals surface area (Å²) in [6.07, 6.45) is 0.523. The number of nitrogens with one attached hydrogen (secondary N) is 1. The molecule has 166 valence electrons. The Bertz CT molecular complexity index is 1520. The molecule has 0 amide bonds. The number of carboxylic acids is 1. The van der Waals surface area contributed by atoms with Crippen LogP contribution >= 0.6 is 11.3 Å². The van der Waals surface area contributed by atoms with E-state index in [0.29, 0.717) is 27.1 Å². The van der Waals surface area contributed by atoms with Crippen molar-refractivity contribution < 1.29 is 14.6 Å². The molecule has 0 spiro atoms. The molecule has 4 rings (SSSR count). The molecule has 1 atom stereocenters. The smallest absolute Gasteiger partial charge is 0.335 e. The lowest BCUT2D eigenvalue weighted by molar-refractivity contribution is 0.0697. The lowest BCUT2D eigenvalue weighted by Crippen LogP contribution is -2.37. The zero-order chi connectivity index (χ0) is 23.5. The zero-order valence-corrected chi connectivity index (χ0v) is 18.7. The van der Waals surface area contributed by atoms with Crippen molar-refractivity contribution in [2.24, 2.45) is 0 Å². The summed E-state index contributed by atoms with van der Waals surface area (Å²) in [5.74, 6) is 5.89. The second-order valence-electron chi connectivity index (χ2n) is 7.39. The fourth-order valence-electron chi connectivity index (χ4n) is 3.50. The quantitative estimate of drug-likeness (QED) is 0.443. The van der Waals surface area contributed by atoms with Crippen LogP contribution in [0.5, 0.6) is 5.75 Å². The third kappa shape index (κ3) is 4.59. The van der Waals surface area contributed by atoms with Crippen LogP contribution in [0.25, 0.3) is 10.2 Å². The minimum absolute atomic E-state index is 0.137. The minimum atomic E-state index is -1.04. The molecule has 33 heavy (non-hydrogen) atoms. The number of carbonyl (C=O) groups is 1. The maximum atomic E-state index is 13.1. The molecule has 1 unspecified atom stereocenters. The number of aromatic amines is 1. The number of carboxylic acid groups (broad SMARTS) is 1. The van der Waals surface area contributed by atoms with Crippen molar-refractivity contribution in [3.05, 3.63) is 97.0 Å². The summed E-state index contributed by atoms with van der Waals surface area (Å²) in [6, 6.07) is 14.9. The van der Waals surface area contributed by atoms with E-state index in [1.165, 1.54) is 23.5 Å². The predicted molar refractivity (Wildman–Crippen MR) is 127 cm³/mol. The van der Waals surface area contributed by atoms with Gasteiger partial charge in [0.1, 0.15) is 10.6 Å². The SMILES string of the molecule is COc1cccc(CC#Cc2cc3c(=O)n(C(C)c4ccc(C(=O)O)cc4)c(=O)[nH]c3s2)c1. The van der Waals surface area contributed by atoms with Gasteiger partial charge in [-0.3, -0.25) is 14.3 Å². The number of methoxy groups -OCH3 is 1. The van der Waals surface area contributed by atoms with Crippen LogP contribution in [-0.2, 0) is 6.42 Å². The van der Waals surface area contributed by atoms with Gasteiger partial charge in [0, 0.05) is 6.42 Å². The largest absolute Gasteiger partial charge is 0.497 e. The molecule has 0 saturated carbocycles. The molecule has 4 aromatic rings. The van der Waals surface area contributed by atoms with Crippen LogP contribution in [0.2, 0.25) is 0 Å². The van der Waals surface area contributed by atoms with Crippen molar-refractivity contribution in [3.8, 4) is 17.6 Å². The number of ether oxygens (including phenoxy) is 1. The Hall–Kier alpha value is -4.09. The molecule has 0 bridgehead atoms. The van der Waals surface area contributed by atoms with E-state index in [2.05, 4.69) is 16.8 Å². The Morgan fingerprint density at radius 3 is 2.64 bits per heavy atom. The number of hydrogen-bond acceptors (Lipinski definition) is 5. The number of benzene rings is 2. The van der Waals surface area contributed by atoms with Crippen LogP contribution in [0.4, 0.5) is 0 Å². The number of aromatic nitrogens is 2. The Morgan fingerprint density at radius 2 is 1.94 bits per heavy atom. The molecular formula is C25H20N2O5S. The van der Waals surface area contributed by atoms with E-state index in [-0.39, 0.29) is 5.56 Å². The second-order valence-corrected chi connectivity index (χ2v) is 8.44. The molecule has 7 nitrogen and oxygen atoms in total. The maximum absolute atomic E-state index is 13.1. The first-order valence-electron chi connectivity index (χ1n) is 10.1. The fraction of sp³-hybridized carbons (Fsp3) is 0.160. The molecule has 0 aliphatic carbocycles. The third-order valence-corrected chi connectivity index (χ3v) is 6.25. The van der Waals surface area contributed by atoms with Crippen LogP contribution < -0.4 is 16.0 Å². The van der Waals surface area contributed by atoms with Gasteiger partial charge >= 0.3 is 11.7 Å². The van der Waals surface area contributed by atoms with Gasteiger partial charge in [-0.15, -0.1) is 11.3 Å². The van der Waals surface area contributed by atoms with Crippen LogP contribution in [0.3, 0.4) is 0 Å². The third-order valence-electron chi connectivity index (χ3n) is 5.29. The Morgan fingerprint density at radius 1 is 1.18 bits per heavy atom. The van der Waals surface area contributed by atoms with Gasteiger partial charge in [-0.2, -0.15) is 0 Å². The number of aromatic carboxylic acids is 1. The van der Waals surface area contributed by atoms with E-state index < -0.39 is 23.3 Å². The first-order chi connectivity index (χ1) is 15.9. The highest BCUT2D eigenvalue weighted by molar-refractivity contribution is 7.19. The molecule has 0 radical (unpaired) electrons.